The molecule has 0 spiro atoms. The Morgan fingerprint density at radius 3 is 2.12 bits per heavy atom. The van der Waals surface area contributed by atoms with Gasteiger partial charge in [0.05, 0.1) is 34.4 Å². The van der Waals surface area contributed by atoms with E-state index in [0.717, 1.165) is 6.42 Å². The molecule has 0 saturated heterocycles. The normalized spacial score (nSPS) is 15.8. The summed E-state index contributed by atoms with van der Waals surface area (Å²) in [5, 5.41) is 0. The van der Waals surface area contributed by atoms with Gasteiger partial charge in [-0.3, -0.25) is 9.05 Å². The number of rotatable bonds is 18. The number of quaternary nitrogens is 1. The smallest absolute Gasteiger partial charge is 0.379 e. The van der Waals surface area contributed by atoms with Crippen LogP contribution in [0.2, 0.25) is 0 Å². The molecule has 0 rings (SSSR count). The zero-order valence-corrected chi connectivity index (χ0v) is 18.3. The molecular weight excluding hydrogens is 357 g/mol. The maximum atomic E-state index is 11.9. The van der Waals surface area contributed by atoms with Crippen LogP contribution in [0.1, 0.15) is 51.9 Å². The summed E-state index contributed by atoms with van der Waals surface area (Å²) < 4.78 is 33.3. The van der Waals surface area contributed by atoms with Crippen LogP contribution in [0.25, 0.3) is 0 Å². The van der Waals surface area contributed by atoms with Crippen LogP contribution in [0, 0.1) is 0 Å². The largest absolute Gasteiger partial charge is 0.472 e. The summed E-state index contributed by atoms with van der Waals surface area (Å²) in [6.45, 7) is 3.96. The predicted molar refractivity (Wildman–Crippen MR) is 104 cm³/mol. The van der Waals surface area contributed by atoms with E-state index >= 15 is 0 Å². The molecule has 0 radical (unpaired) electrons. The third-order valence-corrected chi connectivity index (χ3v) is 4.95. The average Bonchev–Trinajstić information content (AvgIpc) is 2.54. The second kappa shape index (κ2) is 15.0. The molecule has 0 fully saturated rings. The lowest BCUT2D eigenvalue weighted by Crippen LogP contribution is -2.37. The van der Waals surface area contributed by atoms with Gasteiger partial charge < -0.3 is 18.9 Å². The van der Waals surface area contributed by atoms with Crippen molar-refractivity contribution in [2.45, 2.75) is 58.0 Å². The number of unbranched alkanes of at least 4 members (excludes halogenated alkanes) is 6. The van der Waals surface area contributed by atoms with Gasteiger partial charge in [-0.05, 0) is 6.42 Å². The fourth-order valence-electron chi connectivity index (χ4n) is 2.20. The highest BCUT2D eigenvalue weighted by Gasteiger charge is 2.24. The van der Waals surface area contributed by atoms with E-state index < -0.39 is 7.82 Å². The van der Waals surface area contributed by atoms with Gasteiger partial charge in [0.1, 0.15) is 19.3 Å². The van der Waals surface area contributed by atoms with E-state index in [1.54, 1.807) is 0 Å². The van der Waals surface area contributed by atoms with Crippen molar-refractivity contribution >= 4 is 7.82 Å². The topological polar surface area (TPSA) is 74.2 Å². The Morgan fingerprint density at radius 1 is 0.923 bits per heavy atom. The van der Waals surface area contributed by atoms with Gasteiger partial charge in [0, 0.05) is 13.7 Å². The van der Waals surface area contributed by atoms with Gasteiger partial charge in [-0.25, -0.2) is 4.57 Å². The number of hydrogen-bond acceptors (Lipinski definition) is 5. The second-order valence-electron chi connectivity index (χ2n) is 7.67. The van der Waals surface area contributed by atoms with E-state index in [4.69, 9.17) is 18.5 Å². The van der Waals surface area contributed by atoms with Crippen molar-refractivity contribution in [3.05, 3.63) is 0 Å². The van der Waals surface area contributed by atoms with E-state index in [9.17, 15) is 9.46 Å². The number of methoxy groups -OCH3 is 1. The molecule has 26 heavy (non-hydrogen) atoms. The summed E-state index contributed by atoms with van der Waals surface area (Å²) in [5.41, 5.74) is 0. The number of phosphoric acid groups is 1. The zero-order chi connectivity index (χ0) is 19.9. The minimum Gasteiger partial charge on any atom is -0.379 e. The first-order valence-electron chi connectivity index (χ1n) is 9.73. The van der Waals surface area contributed by atoms with Crippen molar-refractivity contribution in [1.82, 2.24) is 0 Å². The molecule has 0 aromatic rings. The Balaban J connectivity index is 3.76. The van der Waals surface area contributed by atoms with Gasteiger partial charge in [0.15, 0.2) is 0 Å². The number of phosphoric ester groups is 1. The third kappa shape index (κ3) is 17.4. The van der Waals surface area contributed by atoms with E-state index in [2.05, 4.69) is 6.92 Å². The van der Waals surface area contributed by atoms with Crippen LogP contribution in [0.3, 0.4) is 0 Å². The summed E-state index contributed by atoms with van der Waals surface area (Å²) in [6, 6.07) is 0. The molecule has 8 heteroatoms. The van der Waals surface area contributed by atoms with Crippen molar-refractivity contribution in [1.29, 1.82) is 0 Å². The molecule has 0 aromatic carbocycles. The predicted octanol–water partition coefficient (Wildman–Crippen LogP) is 3.61. The lowest BCUT2D eigenvalue weighted by Gasteiger charge is -2.24. The highest BCUT2D eigenvalue weighted by Crippen LogP contribution is 2.43. The molecule has 0 aromatic heterocycles. The van der Waals surface area contributed by atoms with Gasteiger partial charge in [0.25, 0.3) is 0 Å². The van der Waals surface area contributed by atoms with Crippen LogP contribution >= 0.6 is 7.82 Å². The molecule has 0 heterocycles. The zero-order valence-electron chi connectivity index (χ0n) is 17.4. The molecule has 0 bridgehead atoms. The van der Waals surface area contributed by atoms with Crippen LogP contribution < -0.4 is 0 Å². The van der Waals surface area contributed by atoms with E-state index in [1.165, 1.54) is 45.6 Å². The molecule has 2 unspecified atom stereocenters. The summed E-state index contributed by atoms with van der Waals surface area (Å²) >= 11 is 0. The molecule has 1 N–H and O–H groups in total. The minimum absolute atomic E-state index is 0.0360. The number of nitrogens with zero attached hydrogens (tertiary/aromatic N) is 1. The molecular formula is C18H41NO6P+. The summed E-state index contributed by atoms with van der Waals surface area (Å²) in [5.74, 6) is 0. The monoisotopic (exact) mass is 398 g/mol. The Bertz CT molecular complexity index is 375. The van der Waals surface area contributed by atoms with Gasteiger partial charge in [-0.1, -0.05) is 45.4 Å². The lowest BCUT2D eigenvalue weighted by atomic mass is 10.1. The van der Waals surface area contributed by atoms with Gasteiger partial charge >= 0.3 is 7.82 Å². The highest BCUT2D eigenvalue weighted by atomic mass is 31.2. The van der Waals surface area contributed by atoms with Crippen molar-refractivity contribution in [3.63, 3.8) is 0 Å². The van der Waals surface area contributed by atoms with Gasteiger partial charge in [0.2, 0.25) is 0 Å². The van der Waals surface area contributed by atoms with Crippen LogP contribution in [-0.2, 0) is 23.1 Å². The van der Waals surface area contributed by atoms with Crippen LogP contribution in [0.4, 0.5) is 0 Å². The molecule has 2 atom stereocenters. The first-order chi connectivity index (χ1) is 12.2. The summed E-state index contributed by atoms with van der Waals surface area (Å²) in [6.07, 6.45) is 8.26. The SMILES string of the molecule is CCCCCCCCCOCC(COP(=O)(O)OCC[N+](C)(C)C)OC. The number of likely N-dealkylation sites (N-methyl/N-ethyl adjacent to an activating group) is 1. The Morgan fingerprint density at radius 2 is 1.54 bits per heavy atom. The Labute approximate surface area is 160 Å². The Hall–Kier alpha value is -0.0100. The molecule has 0 aliphatic heterocycles. The van der Waals surface area contributed by atoms with Crippen molar-refractivity contribution in [3.8, 4) is 0 Å². The first-order valence-corrected chi connectivity index (χ1v) is 11.2. The standard InChI is InChI=1S/C18H40NO6P/c1-6-7-8-9-10-11-12-14-23-16-18(22-5)17-25-26(20,21)24-15-13-19(2,3)4/h18H,6-17H2,1-5H3/p+1. The fraction of sp³-hybridized carbons (Fsp3) is 1.00. The molecule has 0 saturated carbocycles. The van der Waals surface area contributed by atoms with Gasteiger partial charge in [-0.2, -0.15) is 0 Å². The van der Waals surface area contributed by atoms with Crippen LogP contribution in [0.15, 0.2) is 0 Å². The minimum atomic E-state index is -4.05. The van der Waals surface area contributed by atoms with Crippen molar-refractivity contribution in [2.75, 3.05) is 61.2 Å². The maximum Gasteiger partial charge on any atom is 0.472 e. The fourth-order valence-corrected chi connectivity index (χ4v) is 2.95. The average molecular weight is 399 g/mol. The van der Waals surface area contributed by atoms with Crippen molar-refractivity contribution in [2.24, 2.45) is 0 Å². The van der Waals surface area contributed by atoms with E-state index in [0.29, 0.717) is 24.2 Å². The molecule has 158 valence electrons. The second-order valence-corrected chi connectivity index (χ2v) is 9.12. The van der Waals surface area contributed by atoms with Gasteiger partial charge in [-0.15, -0.1) is 0 Å². The lowest BCUT2D eigenvalue weighted by molar-refractivity contribution is -0.870. The van der Waals surface area contributed by atoms with E-state index in [-0.39, 0.29) is 19.3 Å². The third-order valence-electron chi connectivity index (χ3n) is 3.97. The molecule has 0 aliphatic rings. The van der Waals surface area contributed by atoms with Crippen LogP contribution in [-0.4, -0.2) is 76.7 Å². The van der Waals surface area contributed by atoms with Crippen molar-refractivity contribution < 1.29 is 32.5 Å². The molecule has 0 amide bonds. The maximum absolute atomic E-state index is 11.9. The number of hydrogen-bond donors (Lipinski definition) is 1. The molecule has 0 aliphatic carbocycles. The quantitative estimate of drug-likeness (QED) is 0.216. The highest BCUT2D eigenvalue weighted by molar-refractivity contribution is 7.47. The number of ether oxygens (including phenoxy) is 2. The van der Waals surface area contributed by atoms with E-state index in [1.807, 2.05) is 21.1 Å². The summed E-state index contributed by atoms with van der Waals surface area (Å²) in [4.78, 5) is 9.69. The summed E-state index contributed by atoms with van der Waals surface area (Å²) in [7, 11) is 3.43. The molecule has 7 nitrogen and oxygen atoms in total. The Kier molecular flexibility index (Phi) is 15.0. The van der Waals surface area contributed by atoms with Crippen LogP contribution in [0.5, 0.6) is 0 Å². The first kappa shape index (κ1) is 26.0.